The van der Waals surface area contributed by atoms with Crippen LogP contribution in [0.5, 0.6) is 17.2 Å². The van der Waals surface area contributed by atoms with Crippen molar-refractivity contribution >= 4 is 11.9 Å². The predicted molar refractivity (Wildman–Crippen MR) is 84.2 cm³/mol. The average Bonchev–Trinajstić information content (AvgIpc) is 2.62. The molecular weight excluding hydrogens is 316 g/mol. The van der Waals surface area contributed by atoms with Crippen LogP contribution in [-0.2, 0) is 9.53 Å². The normalized spacial score (nSPS) is 9.62. The fourth-order valence-corrected chi connectivity index (χ4v) is 1.86. The van der Waals surface area contributed by atoms with Crippen molar-refractivity contribution in [2.45, 2.75) is 6.42 Å². The summed E-state index contributed by atoms with van der Waals surface area (Å²) in [4.78, 5) is 25.3. The number of amides is 1. The molecule has 1 amide bonds. The molecule has 0 bridgehead atoms. The zero-order valence-corrected chi connectivity index (χ0v) is 14.1. The van der Waals surface area contributed by atoms with Crippen molar-refractivity contribution in [3.63, 3.8) is 0 Å². The molecule has 0 spiro atoms. The summed E-state index contributed by atoms with van der Waals surface area (Å²) in [5, 5.41) is 8.50. The molecule has 0 aromatic heterocycles. The van der Waals surface area contributed by atoms with E-state index in [9.17, 15) is 9.59 Å². The van der Waals surface area contributed by atoms with Gasteiger partial charge in [0.25, 0.3) is 5.91 Å². The van der Waals surface area contributed by atoms with Gasteiger partial charge in [0.1, 0.15) is 0 Å². The summed E-state index contributed by atoms with van der Waals surface area (Å²) >= 11 is 0. The van der Waals surface area contributed by atoms with Crippen LogP contribution in [0.1, 0.15) is 16.8 Å². The molecule has 8 nitrogen and oxygen atoms in total. The van der Waals surface area contributed by atoms with Crippen molar-refractivity contribution in [3.8, 4) is 23.3 Å². The summed E-state index contributed by atoms with van der Waals surface area (Å²) in [6.45, 7) is -0.144. The average molecular weight is 336 g/mol. The number of rotatable bonds is 8. The Morgan fingerprint density at radius 2 is 1.71 bits per heavy atom. The number of benzene rings is 1. The first-order chi connectivity index (χ1) is 11.5. The van der Waals surface area contributed by atoms with Gasteiger partial charge in [0, 0.05) is 13.6 Å². The van der Waals surface area contributed by atoms with Crippen molar-refractivity contribution < 1.29 is 28.5 Å². The van der Waals surface area contributed by atoms with Crippen LogP contribution in [0.3, 0.4) is 0 Å². The Labute approximate surface area is 140 Å². The molecule has 0 N–H and O–H groups in total. The van der Waals surface area contributed by atoms with E-state index in [1.54, 1.807) is 0 Å². The number of methoxy groups -OCH3 is 3. The Morgan fingerprint density at radius 3 is 2.17 bits per heavy atom. The number of likely N-dealkylation sites (N-methyl/N-ethyl adjacent to an activating group) is 1. The second kappa shape index (κ2) is 9.25. The number of esters is 1. The number of carbonyl (C=O) groups is 2. The molecule has 0 aliphatic carbocycles. The summed E-state index contributed by atoms with van der Waals surface area (Å²) in [7, 11) is 5.85. The third-order valence-electron chi connectivity index (χ3n) is 3.21. The van der Waals surface area contributed by atoms with Crippen LogP contribution in [-0.4, -0.2) is 58.3 Å². The van der Waals surface area contributed by atoms with Crippen molar-refractivity contribution in [1.29, 1.82) is 5.26 Å². The molecule has 8 heteroatoms. The number of hydrogen-bond donors (Lipinski definition) is 0. The molecule has 0 heterocycles. The molecule has 1 aromatic carbocycles. The van der Waals surface area contributed by atoms with E-state index < -0.39 is 18.5 Å². The zero-order valence-electron chi connectivity index (χ0n) is 14.1. The van der Waals surface area contributed by atoms with Gasteiger partial charge in [-0.15, -0.1) is 0 Å². The van der Waals surface area contributed by atoms with Crippen LogP contribution in [0.15, 0.2) is 12.1 Å². The molecule has 130 valence electrons. The van der Waals surface area contributed by atoms with E-state index in [4.69, 9.17) is 24.2 Å². The summed E-state index contributed by atoms with van der Waals surface area (Å²) in [5.74, 6) is -0.131. The van der Waals surface area contributed by atoms with Crippen molar-refractivity contribution in [1.82, 2.24) is 4.90 Å². The van der Waals surface area contributed by atoms with Gasteiger partial charge in [-0.2, -0.15) is 5.26 Å². The van der Waals surface area contributed by atoms with Crippen LogP contribution < -0.4 is 14.2 Å². The lowest BCUT2D eigenvalue weighted by molar-refractivity contribution is -0.133. The predicted octanol–water partition coefficient (Wildman–Crippen LogP) is 1.24. The summed E-state index contributed by atoms with van der Waals surface area (Å²) in [5.41, 5.74) is 0.164. The molecule has 1 aromatic rings. The Kier molecular flexibility index (Phi) is 7.36. The highest BCUT2D eigenvalue weighted by molar-refractivity contribution is 5.92. The first-order valence-electron chi connectivity index (χ1n) is 7.06. The quantitative estimate of drug-likeness (QED) is 0.659. The lowest BCUT2D eigenvalue weighted by Crippen LogP contribution is -2.31. The first-order valence-corrected chi connectivity index (χ1v) is 7.06. The van der Waals surface area contributed by atoms with E-state index in [1.165, 1.54) is 45.4 Å². The molecule has 0 radical (unpaired) electrons. The number of carbonyl (C=O) groups excluding carboxylic acids is 2. The smallest absolute Gasteiger partial charge is 0.338 e. The maximum absolute atomic E-state index is 12.1. The fraction of sp³-hybridized carbons (Fsp3) is 0.438. The molecule has 0 aliphatic heterocycles. The summed E-state index contributed by atoms with van der Waals surface area (Å²) in [6, 6.07) is 4.82. The van der Waals surface area contributed by atoms with Gasteiger partial charge in [0.2, 0.25) is 5.75 Å². The van der Waals surface area contributed by atoms with Gasteiger partial charge in [0.15, 0.2) is 18.1 Å². The van der Waals surface area contributed by atoms with E-state index >= 15 is 0 Å². The van der Waals surface area contributed by atoms with Gasteiger partial charge in [-0.3, -0.25) is 4.79 Å². The van der Waals surface area contributed by atoms with Crippen molar-refractivity contribution in [2.75, 3.05) is 41.5 Å². The highest BCUT2D eigenvalue weighted by Crippen LogP contribution is 2.38. The maximum Gasteiger partial charge on any atom is 0.338 e. The Balaban J connectivity index is 2.81. The van der Waals surface area contributed by atoms with Gasteiger partial charge in [-0.1, -0.05) is 0 Å². The van der Waals surface area contributed by atoms with E-state index in [0.29, 0.717) is 17.2 Å². The highest BCUT2D eigenvalue weighted by atomic mass is 16.5. The molecule has 0 atom stereocenters. The van der Waals surface area contributed by atoms with Crippen LogP contribution >= 0.6 is 0 Å². The van der Waals surface area contributed by atoms with Crippen molar-refractivity contribution in [3.05, 3.63) is 17.7 Å². The standard InChI is InChI=1S/C16H20N2O6/c1-18(7-5-6-17)14(19)10-24-16(20)11-8-12(21-2)15(23-4)13(9-11)22-3/h8-9H,5,7,10H2,1-4H3. The van der Waals surface area contributed by atoms with E-state index in [-0.39, 0.29) is 18.5 Å². The Bertz CT molecular complexity index is 613. The Morgan fingerprint density at radius 1 is 1.12 bits per heavy atom. The van der Waals surface area contributed by atoms with Gasteiger partial charge in [0.05, 0.1) is 39.4 Å². The molecule has 0 aliphatic rings. The van der Waals surface area contributed by atoms with Crippen LogP contribution in [0, 0.1) is 11.3 Å². The minimum absolute atomic E-state index is 0.164. The largest absolute Gasteiger partial charge is 0.493 e. The topological polar surface area (TPSA) is 98.1 Å². The molecular formula is C16H20N2O6. The third kappa shape index (κ3) is 4.78. The van der Waals surface area contributed by atoms with E-state index in [0.717, 1.165) is 0 Å². The lowest BCUT2D eigenvalue weighted by atomic mass is 10.2. The third-order valence-corrected chi connectivity index (χ3v) is 3.21. The second-order valence-corrected chi connectivity index (χ2v) is 4.71. The highest BCUT2D eigenvalue weighted by Gasteiger charge is 2.19. The number of hydrogen-bond acceptors (Lipinski definition) is 7. The first kappa shape index (κ1) is 19.1. The number of nitriles is 1. The van der Waals surface area contributed by atoms with Gasteiger partial charge < -0.3 is 23.8 Å². The van der Waals surface area contributed by atoms with Crippen molar-refractivity contribution in [2.24, 2.45) is 0 Å². The number of ether oxygens (including phenoxy) is 4. The second-order valence-electron chi connectivity index (χ2n) is 4.71. The van der Waals surface area contributed by atoms with Crippen LogP contribution in [0.25, 0.3) is 0 Å². The zero-order chi connectivity index (χ0) is 18.1. The SMILES string of the molecule is COc1cc(C(=O)OCC(=O)N(C)CCC#N)cc(OC)c1OC. The monoisotopic (exact) mass is 336 g/mol. The fourth-order valence-electron chi connectivity index (χ4n) is 1.86. The Hall–Kier alpha value is -2.95. The molecule has 1 rings (SSSR count). The van der Waals surface area contributed by atoms with Crippen LogP contribution in [0.2, 0.25) is 0 Å². The molecule has 24 heavy (non-hydrogen) atoms. The van der Waals surface area contributed by atoms with Gasteiger partial charge in [-0.05, 0) is 12.1 Å². The minimum atomic E-state index is -0.698. The van der Waals surface area contributed by atoms with Crippen LogP contribution in [0.4, 0.5) is 0 Å². The molecule has 0 fully saturated rings. The summed E-state index contributed by atoms with van der Waals surface area (Å²) < 4.78 is 20.5. The molecule has 0 unspecified atom stereocenters. The lowest BCUT2D eigenvalue weighted by Gasteiger charge is -2.16. The summed E-state index contributed by atoms with van der Waals surface area (Å²) in [6.07, 6.45) is 0.211. The van der Waals surface area contributed by atoms with E-state index in [1.807, 2.05) is 6.07 Å². The van der Waals surface area contributed by atoms with Gasteiger partial charge in [-0.25, -0.2) is 4.79 Å². The maximum atomic E-state index is 12.1. The molecule has 0 saturated carbocycles. The number of nitrogens with zero attached hydrogens (tertiary/aromatic N) is 2. The van der Waals surface area contributed by atoms with E-state index in [2.05, 4.69) is 0 Å². The minimum Gasteiger partial charge on any atom is -0.493 e. The molecule has 0 saturated heterocycles. The van der Waals surface area contributed by atoms with Gasteiger partial charge >= 0.3 is 5.97 Å².